The second kappa shape index (κ2) is 5.73. The number of nitrogens with one attached hydrogen (secondary N) is 1. The third-order valence-electron chi connectivity index (χ3n) is 3.19. The summed E-state index contributed by atoms with van der Waals surface area (Å²) in [5, 5.41) is 7.77. The molecule has 0 amide bonds. The lowest BCUT2D eigenvalue weighted by Crippen LogP contribution is -2.08. The minimum Gasteiger partial charge on any atom is -0.394 e. The molecule has 0 bridgehead atoms. The fourth-order valence-electron chi connectivity index (χ4n) is 2.10. The first-order valence-corrected chi connectivity index (χ1v) is 6.59. The molecule has 0 aliphatic heterocycles. The summed E-state index contributed by atoms with van der Waals surface area (Å²) < 4.78 is 1.80. The number of rotatable bonds is 5. The van der Waals surface area contributed by atoms with Crippen molar-refractivity contribution in [3.63, 3.8) is 0 Å². The van der Waals surface area contributed by atoms with Crippen LogP contribution in [0.25, 0.3) is 0 Å². The van der Waals surface area contributed by atoms with Gasteiger partial charge in [0.05, 0.1) is 23.6 Å². The average molecular weight is 259 g/mol. The Labute approximate surface area is 113 Å². The minimum atomic E-state index is 0.655. The van der Waals surface area contributed by atoms with E-state index in [4.69, 9.17) is 5.73 Å². The predicted octanol–water partition coefficient (Wildman–Crippen LogP) is 2.27. The third kappa shape index (κ3) is 2.86. The molecule has 19 heavy (non-hydrogen) atoms. The summed E-state index contributed by atoms with van der Waals surface area (Å²) in [6.07, 6.45) is 3.75. The highest BCUT2D eigenvalue weighted by atomic mass is 15.3. The Morgan fingerprint density at radius 2 is 2.16 bits per heavy atom. The van der Waals surface area contributed by atoms with Crippen molar-refractivity contribution >= 4 is 11.5 Å². The number of anilines is 2. The van der Waals surface area contributed by atoms with Crippen molar-refractivity contribution < 1.29 is 0 Å². The van der Waals surface area contributed by atoms with Gasteiger partial charge in [0.25, 0.3) is 0 Å². The first kappa shape index (κ1) is 13.4. The molecule has 0 spiro atoms. The van der Waals surface area contributed by atoms with Gasteiger partial charge >= 0.3 is 0 Å². The monoisotopic (exact) mass is 259 g/mol. The van der Waals surface area contributed by atoms with E-state index in [0.717, 1.165) is 35.7 Å². The van der Waals surface area contributed by atoms with Crippen molar-refractivity contribution in [2.24, 2.45) is 7.05 Å². The van der Waals surface area contributed by atoms with Crippen LogP contribution in [-0.4, -0.2) is 14.8 Å². The number of nitrogens with two attached hydrogens (primary N) is 1. The third-order valence-corrected chi connectivity index (χ3v) is 3.19. The van der Waals surface area contributed by atoms with Crippen LogP contribution in [0.2, 0.25) is 0 Å². The molecule has 102 valence electrons. The summed E-state index contributed by atoms with van der Waals surface area (Å²) >= 11 is 0. The fraction of sp³-hybridized carbons (Fsp3) is 0.429. The molecule has 0 aliphatic rings. The van der Waals surface area contributed by atoms with E-state index in [0.29, 0.717) is 6.54 Å². The molecule has 0 unspecified atom stereocenters. The molecule has 2 aromatic heterocycles. The van der Waals surface area contributed by atoms with Gasteiger partial charge in [0.15, 0.2) is 0 Å². The maximum absolute atomic E-state index is 6.13. The van der Waals surface area contributed by atoms with E-state index < -0.39 is 0 Å². The quantitative estimate of drug-likeness (QED) is 0.864. The molecule has 3 N–H and O–H groups in total. The standard InChI is InChI=1S/C14H21N5/c1-4-6-11-13(15)14(19(3)18-11)17-9-12-10(2)7-5-8-16-12/h5,7-8,17H,4,6,9,15H2,1-3H3. The van der Waals surface area contributed by atoms with E-state index in [9.17, 15) is 0 Å². The van der Waals surface area contributed by atoms with Gasteiger partial charge in [-0.1, -0.05) is 19.4 Å². The van der Waals surface area contributed by atoms with Crippen molar-refractivity contribution in [3.05, 3.63) is 35.3 Å². The van der Waals surface area contributed by atoms with Crippen LogP contribution in [0.3, 0.4) is 0 Å². The minimum absolute atomic E-state index is 0.655. The molecular weight excluding hydrogens is 238 g/mol. The van der Waals surface area contributed by atoms with Gasteiger partial charge in [0, 0.05) is 13.2 Å². The molecular formula is C14H21N5. The summed E-state index contributed by atoms with van der Waals surface area (Å²) in [5.41, 5.74) is 10.0. The number of aromatic nitrogens is 3. The van der Waals surface area contributed by atoms with Gasteiger partial charge in [-0.05, 0) is 25.0 Å². The zero-order valence-corrected chi connectivity index (χ0v) is 11.8. The lowest BCUT2D eigenvalue weighted by molar-refractivity contribution is 0.734. The first-order chi connectivity index (χ1) is 9.13. The number of aryl methyl sites for hydroxylation is 3. The van der Waals surface area contributed by atoms with Crippen LogP contribution in [0.15, 0.2) is 18.3 Å². The number of pyridine rings is 1. The van der Waals surface area contributed by atoms with Gasteiger partial charge in [0.1, 0.15) is 5.82 Å². The van der Waals surface area contributed by atoms with Crippen LogP contribution >= 0.6 is 0 Å². The van der Waals surface area contributed by atoms with E-state index in [1.165, 1.54) is 5.56 Å². The SMILES string of the molecule is CCCc1nn(C)c(NCc2ncccc2C)c1N. The normalized spacial score (nSPS) is 10.7. The van der Waals surface area contributed by atoms with Crippen LogP contribution in [0.5, 0.6) is 0 Å². The van der Waals surface area contributed by atoms with Gasteiger partial charge < -0.3 is 11.1 Å². The first-order valence-electron chi connectivity index (χ1n) is 6.59. The molecule has 0 aromatic carbocycles. The zero-order chi connectivity index (χ0) is 13.8. The van der Waals surface area contributed by atoms with Gasteiger partial charge in [-0.15, -0.1) is 0 Å². The molecule has 5 nitrogen and oxygen atoms in total. The molecule has 0 aliphatic carbocycles. The van der Waals surface area contributed by atoms with Crippen LogP contribution in [0, 0.1) is 6.92 Å². The summed E-state index contributed by atoms with van der Waals surface area (Å²) in [6.45, 7) is 4.83. The summed E-state index contributed by atoms with van der Waals surface area (Å²) in [7, 11) is 1.91. The highest BCUT2D eigenvalue weighted by Gasteiger charge is 2.12. The van der Waals surface area contributed by atoms with Crippen LogP contribution < -0.4 is 11.1 Å². The lowest BCUT2D eigenvalue weighted by atomic mass is 10.2. The Bertz CT molecular complexity index is 559. The van der Waals surface area contributed by atoms with E-state index in [1.54, 1.807) is 10.9 Å². The Kier molecular flexibility index (Phi) is 4.04. The molecule has 0 atom stereocenters. The van der Waals surface area contributed by atoms with Crippen LogP contribution in [0.1, 0.15) is 30.3 Å². The lowest BCUT2D eigenvalue weighted by Gasteiger charge is -2.09. The predicted molar refractivity (Wildman–Crippen MR) is 77.9 cm³/mol. The Morgan fingerprint density at radius 1 is 1.37 bits per heavy atom. The van der Waals surface area contributed by atoms with E-state index in [1.807, 2.05) is 13.1 Å². The highest BCUT2D eigenvalue weighted by molar-refractivity contribution is 5.65. The molecule has 2 heterocycles. The zero-order valence-electron chi connectivity index (χ0n) is 11.8. The fourth-order valence-corrected chi connectivity index (χ4v) is 2.10. The van der Waals surface area contributed by atoms with Crippen molar-refractivity contribution in [2.45, 2.75) is 33.2 Å². The molecule has 2 rings (SSSR count). The van der Waals surface area contributed by atoms with Crippen molar-refractivity contribution in [2.75, 3.05) is 11.1 Å². The summed E-state index contributed by atoms with van der Waals surface area (Å²) in [6, 6.07) is 4.00. The Balaban J connectivity index is 2.14. The van der Waals surface area contributed by atoms with E-state index >= 15 is 0 Å². The van der Waals surface area contributed by atoms with Crippen LogP contribution in [-0.2, 0) is 20.0 Å². The van der Waals surface area contributed by atoms with E-state index in [2.05, 4.69) is 35.3 Å². The number of nitrogens with zero attached hydrogens (tertiary/aromatic N) is 3. The van der Waals surface area contributed by atoms with Crippen molar-refractivity contribution in [1.29, 1.82) is 0 Å². The second-order valence-corrected chi connectivity index (χ2v) is 4.70. The van der Waals surface area contributed by atoms with Gasteiger partial charge in [-0.25, -0.2) is 0 Å². The van der Waals surface area contributed by atoms with E-state index in [-0.39, 0.29) is 0 Å². The molecule has 0 radical (unpaired) electrons. The molecule has 2 aromatic rings. The molecule has 5 heteroatoms. The highest BCUT2D eigenvalue weighted by Crippen LogP contribution is 2.23. The largest absolute Gasteiger partial charge is 0.394 e. The molecule has 0 fully saturated rings. The van der Waals surface area contributed by atoms with Crippen molar-refractivity contribution in [3.8, 4) is 0 Å². The van der Waals surface area contributed by atoms with Gasteiger partial charge in [-0.3, -0.25) is 9.67 Å². The topological polar surface area (TPSA) is 68.8 Å². The van der Waals surface area contributed by atoms with Crippen LogP contribution in [0.4, 0.5) is 11.5 Å². The summed E-state index contributed by atoms with van der Waals surface area (Å²) in [5.74, 6) is 0.869. The average Bonchev–Trinajstić information content (AvgIpc) is 2.65. The Hall–Kier alpha value is -2.04. The van der Waals surface area contributed by atoms with Gasteiger partial charge in [-0.2, -0.15) is 5.10 Å². The number of hydrogen-bond acceptors (Lipinski definition) is 4. The maximum atomic E-state index is 6.13. The smallest absolute Gasteiger partial charge is 0.148 e. The van der Waals surface area contributed by atoms with Crippen molar-refractivity contribution in [1.82, 2.24) is 14.8 Å². The van der Waals surface area contributed by atoms with Gasteiger partial charge in [0.2, 0.25) is 0 Å². The number of nitrogen functional groups attached to an aromatic ring is 1. The maximum Gasteiger partial charge on any atom is 0.148 e. The summed E-state index contributed by atoms with van der Waals surface area (Å²) in [4.78, 5) is 4.36. The Morgan fingerprint density at radius 3 is 2.84 bits per heavy atom. The molecule has 0 saturated heterocycles. The second-order valence-electron chi connectivity index (χ2n) is 4.70. The number of hydrogen-bond donors (Lipinski definition) is 2. The molecule has 0 saturated carbocycles.